The second-order valence-corrected chi connectivity index (χ2v) is 4.36. The number of benzene rings is 1. The monoisotopic (exact) mass is 221 g/mol. The third-order valence-corrected chi connectivity index (χ3v) is 3.61. The van der Waals surface area contributed by atoms with Crippen LogP contribution in [-0.4, -0.2) is 12.7 Å². The fraction of sp³-hybridized carbons (Fsp3) is 0.571. The van der Waals surface area contributed by atoms with Gasteiger partial charge in [0.05, 0.1) is 11.6 Å². The molecule has 0 aliphatic heterocycles. The van der Waals surface area contributed by atoms with Crippen molar-refractivity contribution in [1.82, 2.24) is 0 Å². The molecule has 0 saturated heterocycles. The molecular formula is C14H23NO. The first-order valence-electron chi connectivity index (χ1n) is 5.97. The predicted molar refractivity (Wildman–Crippen MR) is 68.4 cm³/mol. The van der Waals surface area contributed by atoms with E-state index in [0.717, 1.165) is 18.4 Å². The third-order valence-electron chi connectivity index (χ3n) is 3.61. The lowest BCUT2D eigenvalue weighted by molar-refractivity contribution is -0.0385. The largest absolute Gasteiger partial charge is 0.376 e. The Balaban J connectivity index is 2.98. The standard InChI is InChI=1S/C14H23NO/c1-5-14(6-2,16-4)13(15)12-9-7-11(3)8-10-12/h7-10,13H,5-6,15H2,1-4H3. The number of nitrogens with two attached hydrogens (primary N) is 1. The van der Waals surface area contributed by atoms with E-state index < -0.39 is 0 Å². The molecule has 1 rings (SSSR count). The zero-order valence-corrected chi connectivity index (χ0v) is 10.8. The molecule has 0 spiro atoms. The first kappa shape index (κ1) is 13.2. The fourth-order valence-electron chi connectivity index (χ4n) is 2.18. The molecule has 0 amide bonds. The van der Waals surface area contributed by atoms with Gasteiger partial charge in [0, 0.05) is 7.11 Å². The SMILES string of the molecule is CCC(CC)(OC)C(N)c1ccc(C)cc1. The number of aryl methyl sites for hydroxylation is 1. The normalized spacial score (nSPS) is 13.8. The number of hydrogen-bond acceptors (Lipinski definition) is 2. The summed E-state index contributed by atoms with van der Waals surface area (Å²) in [4.78, 5) is 0. The van der Waals surface area contributed by atoms with Crippen LogP contribution in [0.25, 0.3) is 0 Å². The Kier molecular flexibility index (Phi) is 4.51. The Morgan fingerprint density at radius 3 is 2.06 bits per heavy atom. The van der Waals surface area contributed by atoms with Gasteiger partial charge in [-0.15, -0.1) is 0 Å². The van der Waals surface area contributed by atoms with E-state index in [0.29, 0.717) is 0 Å². The highest BCUT2D eigenvalue weighted by molar-refractivity contribution is 5.26. The molecule has 1 unspecified atom stereocenters. The van der Waals surface area contributed by atoms with E-state index in [1.54, 1.807) is 7.11 Å². The average Bonchev–Trinajstić information content (AvgIpc) is 2.33. The summed E-state index contributed by atoms with van der Waals surface area (Å²) in [5.74, 6) is 0. The van der Waals surface area contributed by atoms with E-state index in [9.17, 15) is 0 Å². The topological polar surface area (TPSA) is 35.2 Å². The zero-order valence-electron chi connectivity index (χ0n) is 10.8. The molecule has 0 aliphatic carbocycles. The second kappa shape index (κ2) is 5.46. The van der Waals surface area contributed by atoms with Gasteiger partial charge in [0.1, 0.15) is 0 Å². The summed E-state index contributed by atoms with van der Waals surface area (Å²) in [5, 5.41) is 0. The predicted octanol–water partition coefficient (Wildman–Crippen LogP) is 3.20. The van der Waals surface area contributed by atoms with Crippen LogP contribution in [0, 0.1) is 6.92 Å². The Morgan fingerprint density at radius 1 is 1.19 bits per heavy atom. The molecule has 0 heterocycles. The molecule has 0 bridgehead atoms. The van der Waals surface area contributed by atoms with Gasteiger partial charge in [-0.3, -0.25) is 0 Å². The molecule has 2 N–H and O–H groups in total. The first-order chi connectivity index (χ1) is 7.59. The van der Waals surface area contributed by atoms with Gasteiger partial charge in [-0.25, -0.2) is 0 Å². The van der Waals surface area contributed by atoms with Crippen LogP contribution < -0.4 is 5.73 Å². The van der Waals surface area contributed by atoms with Crippen LogP contribution in [0.4, 0.5) is 0 Å². The van der Waals surface area contributed by atoms with Crippen molar-refractivity contribution >= 4 is 0 Å². The van der Waals surface area contributed by atoms with Crippen LogP contribution in [0.1, 0.15) is 43.9 Å². The minimum absolute atomic E-state index is 0.0619. The van der Waals surface area contributed by atoms with Crippen molar-refractivity contribution in [2.45, 2.75) is 45.3 Å². The maximum atomic E-state index is 6.33. The highest BCUT2D eigenvalue weighted by Gasteiger charge is 2.34. The summed E-state index contributed by atoms with van der Waals surface area (Å²) in [5.41, 5.74) is 8.50. The van der Waals surface area contributed by atoms with Gasteiger partial charge in [0.2, 0.25) is 0 Å². The Bertz CT molecular complexity index is 306. The minimum Gasteiger partial charge on any atom is -0.376 e. The molecule has 90 valence electrons. The zero-order chi connectivity index (χ0) is 12.2. The summed E-state index contributed by atoms with van der Waals surface area (Å²) in [6, 6.07) is 8.33. The highest BCUT2D eigenvalue weighted by Crippen LogP contribution is 2.32. The van der Waals surface area contributed by atoms with Crippen LogP contribution in [0.15, 0.2) is 24.3 Å². The van der Waals surface area contributed by atoms with Gasteiger partial charge in [0.25, 0.3) is 0 Å². The van der Waals surface area contributed by atoms with Crippen molar-refractivity contribution in [3.8, 4) is 0 Å². The molecule has 0 aliphatic rings. The molecule has 1 aromatic rings. The summed E-state index contributed by atoms with van der Waals surface area (Å²) in [7, 11) is 1.75. The fourth-order valence-corrected chi connectivity index (χ4v) is 2.18. The lowest BCUT2D eigenvalue weighted by Gasteiger charge is -2.36. The van der Waals surface area contributed by atoms with E-state index in [4.69, 9.17) is 10.5 Å². The van der Waals surface area contributed by atoms with Crippen molar-refractivity contribution in [1.29, 1.82) is 0 Å². The van der Waals surface area contributed by atoms with Crippen molar-refractivity contribution in [2.75, 3.05) is 7.11 Å². The second-order valence-electron chi connectivity index (χ2n) is 4.36. The number of hydrogen-bond donors (Lipinski definition) is 1. The number of rotatable bonds is 5. The summed E-state index contributed by atoms with van der Waals surface area (Å²) in [6.07, 6.45) is 1.85. The summed E-state index contributed by atoms with van der Waals surface area (Å²) >= 11 is 0. The van der Waals surface area contributed by atoms with Gasteiger partial charge in [-0.05, 0) is 25.3 Å². The van der Waals surface area contributed by atoms with E-state index in [-0.39, 0.29) is 11.6 Å². The molecule has 0 fully saturated rings. The van der Waals surface area contributed by atoms with Crippen molar-refractivity contribution in [3.05, 3.63) is 35.4 Å². The van der Waals surface area contributed by atoms with E-state index in [1.165, 1.54) is 5.56 Å². The molecule has 1 atom stereocenters. The molecule has 16 heavy (non-hydrogen) atoms. The molecule has 1 aromatic carbocycles. The Labute approximate surface area is 98.8 Å². The lowest BCUT2D eigenvalue weighted by atomic mass is 9.84. The van der Waals surface area contributed by atoms with Gasteiger partial charge < -0.3 is 10.5 Å². The van der Waals surface area contributed by atoms with Crippen LogP contribution >= 0.6 is 0 Å². The molecule has 0 radical (unpaired) electrons. The summed E-state index contributed by atoms with van der Waals surface area (Å²) < 4.78 is 5.66. The smallest absolute Gasteiger partial charge is 0.0865 e. The maximum absolute atomic E-state index is 6.33. The van der Waals surface area contributed by atoms with Gasteiger partial charge >= 0.3 is 0 Å². The van der Waals surface area contributed by atoms with E-state index in [1.807, 2.05) is 0 Å². The van der Waals surface area contributed by atoms with Crippen molar-refractivity contribution in [3.63, 3.8) is 0 Å². The van der Waals surface area contributed by atoms with Crippen LogP contribution in [-0.2, 0) is 4.74 Å². The number of ether oxygens (including phenoxy) is 1. The molecule has 0 saturated carbocycles. The Hall–Kier alpha value is -0.860. The van der Waals surface area contributed by atoms with E-state index >= 15 is 0 Å². The highest BCUT2D eigenvalue weighted by atomic mass is 16.5. The first-order valence-corrected chi connectivity index (χ1v) is 5.97. The number of methoxy groups -OCH3 is 1. The van der Waals surface area contributed by atoms with Crippen LogP contribution in [0.2, 0.25) is 0 Å². The molecule has 2 heteroatoms. The molecule has 2 nitrogen and oxygen atoms in total. The lowest BCUT2D eigenvalue weighted by Crippen LogP contribution is -2.42. The molecular weight excluding hydrogens is 198 g/mol. The minimum atomic E-state index is -0.241. The van der Waals surface area contributed by atoms with Crippen molar-refractivity contribution < 1.29 is 4.74 Å². The van der Waals surface area contributed by atoms with E-state index in [2.05, 4.69) is 45.0 Å². The maximum Gasteiger partial charge on any atom is 0.0865 e. The summed E-state index contributed by atoms with van der Waals surface area (Å²) in [6.45, 7) is 6.33. The van der Waals surface area contributed by atoms with Gasteiger partial charge in [0.15, 0.2) is 0 Å². The van der Waals surface area contributed by atoms with Crippen LogP contribution in [0.3, 0.4) is 0 Å². The van der Waals surface area contributed by atoms with Crippen molar-refractivity contribution in [2.24, 2.45) is 5.73 Å². The van der Waals surface area contributed by atoms with Gasteiger partial charge in [-0.2, -0.15) is 0 Å². The Morgan fingerprint density at radius 2 is 1.69 bits per heavy atom. The van der Waals surface area contributed by atoms with Gasteiger partial charge in [-0.1, -0.05) is 43.7 Å². The quantitative estimate of drug-likeness (QED) is 0.828. The molecule has 0 aromatic heterocycles. The third kappa shape index (κ3) is 2.45. The van der Waals surface area contributed by atoms with Crippen LogP contribution in [0.5, 0.6) is 0 Å². The average molecular weight is 221 g/mol.